The summed E-state index contributed by atoms with van der Waals surface area (Å²) < 4.78 is 5.22. The lowest BCUT2D eigenvalue weighted by Crippen LogP contribution is -2.18. The molecule has 0 aliphatic rings. The van der Waals surface area contributed by atoms with Gasteiger partial charge in [0, 0.05) is 5.56 Å². The highest BCUT2D eigenvalue weighted by Gasteiger charge is 2.29. The van der Waals surface area contributed by atoms with Crippen molar-refractivity contribution in [2.24, 2.45) is 11.3 Å². The summed E-state index contributed by atoms with van der Waals surface area (Å²) in [5, 5.41) is 14.2. The summed E-state index contributed by atoms with van der Waals surface area (Å²) in [5.74, 6) is 1.40. The van der Waals surface area contributed by atoms with E-state index in [-0.39, 0.29) is 11.3 Å². The van der Waals surface area contributed by atoms with Crippen molar-refractivity contribution in [3.05, 3.63) is 35.7 Å². The van der Waals surface area contributed by atoms with Gasteiger partial charge in [0.25, 0.3) is 5.89 Å². The van der Waals surface area contributed by atoms with Gasteiger partial charge in [-0.05, 0) is 29.4 Å². The Kier molecular flexibility index (Phi) is 4.47. The first kappa shape index (κ1) is 15.7. The Bertz CT molecular complexity index is 597. The van der Waals surface area contributed by atoms with Crippen LogP contribution >= 0.6 is 0 Å². The van der Waals surface area contributed by atoms with Crippen LogP contribution in [-0.2, 0) is 6.42 Å². The predicted molar refractivity (Wildman–Crippen MR) is 82.7 cm³/mol. The summed E-state index contributed by atoms with van der Waals surface area (Å²) in [6.45, 7) is 10.2. The molecule has 4 nitrogen and oxygen atoms in total. The molecule has 21 heavy (non-hydrogen) atoms. The van der Waals surface area contributed by atoms with Crippen LogP contribution in [0.4, 0.5) is 0 Å². The summed E-state index contributed by atoms with van der Waals surface area (Å²) in [6.07, 6.45) is 0.251. The molecule has 2 rings (SSSR count). The van der Waals surface area contributed by atoms with Gasteiger partial charge >= 0.3 is 0 Å². The molecule has 0 saturated carbocycles. The molecule has 0 saturated heterocycles. The van der Waals surface area contributed by atoms with Gasteiger partial charge in [-0.1, -0.05) is 58.0 Å². The molecular weight excluding hydrogens is 264 g/mol. The number of aliphatic hydroxyl groups is 1. The predicted octanol–water partition coefficient (Wildman–Crippen LogP) is 4.01. The smallest absolute Gasteiger partial charge is 0.256 e. The molecule has 1 unspecified atom stereocenters. The van der Waals surface area contributed by atoms with Gasteiger partial charge in [-0.2, -0.15) is 4.98 Å². The van der Waals surface area contributed by atoms with E-state index in [9.17, 15) is 5.11 Å². The molecule has 0 radical (unpaired) electrons. The van der Waals surface area contributed by atoms with Crippen LogP contribution in [0.5, 0.6) is 0 Å². The maximum absolute atomic E-state index is 10.2. The largest absolute Gasteiger partial charge is 0.383 e. The number of hydrogen-bond acceptors (Lipinski definition) is 4. The third-order valence-electron chi connectivity index (χ3n) is 3.33. The van der Waals surface area contributed by atoms with Crippen molar-refractivity contribution >= 4 is 0 Å². The average Bonchev–Trinajstić information content (AvgIpc) is 2.85. The fraction of sp³-hybridized carbons (Fsp3) is 0.529. The minimum Gasteiger partial charge on any atom is -0.383 e. The van der Waals surface area contributed by atoms with Gasteiger partial charge in [0.1, 0.15) is 6.10 Å². The molecule has 4 heteroatoms. The molecule has 1 N–H and O–H groups in total. The van der Waals surface area contributed by atoms with Crippen LogP contribution in [0.3, 0.4) is 0 Å². The fourth-order valence-corrected chi connectivity index (χ4v) is 2.14. The van der Waals surface area contributed by atoms with Crippen LogP contribution < -0.4 is 0 Å². The monoisotopic (exact) mass is 288 g/mol. The van der Waals surface area contributed by atoms with Crippen LogP contribution in [0, 0.1) is 11.3 Å². The lowest BCUT2D eigenvalue weighted by molar-refractivity contribution is 0.0338. The van der Waals surface area contributed by atoms with E-state index in [1.807, 2.05) is 32.9 Å². The van der Waals surface area contributed by atoms with Crippen LogP contribution in [0.25, 0.3) is 11.4 Å². The van der Waals surface area contributed by atoms with E-state index in [1.165, 1.54) is 5.56 Å². The Labute approximate surface area is 126 Å². The normalized spacial score (nSPS) is 13.7. The average molecular weight is 288 g/mol. The van der Waals surface area contributed by atoms with Gasteiger partial charge < -0.3 is 9.63 Å². The van der Waals surface area contributed by atoms with Gasteiger partial charge in [0.05, 0.1) is 0 Å². The molecule has 0 amide bonds. The number of aliphatic hydroxyl groups excluding tert-OH is 1. The first-order valence-corrected chi connectivity index (χ1v) is 7.38. The zero-order chi connectivity index (χ0) is 15.6. The van der Waals surface area contributed by atoms with Crippen LogP contribution in [-0.4, -0.2) is 15.2 Å². The van der Waals surface area contributed by atoms with Crippen molar-refractivity contribution in [3.63, 3.8) is 0 Å². The van der Waals surface area contributed by atoms with Crippen molar-refractivity contribution < 1.29 is 9.63 Å². The second kappa shape index (κ2) is 5.98. The van der Waals surface area contributed by atoms with Gasteiger partial charge in [-0.3, -0.25) is 0 Å². The molecule has 0 bridgehead atoms. The number of hydrogen-bond donors (Lipinski definition) is 1. The zero-order valence-corrected chi connectivity index (χ0v) is 13.4. The highest BCUT2D eigenvalue weighted by Crippen LogP contribution is 2.32. The maximum Gasteiger partial charge on any atom is 0.256 e. The summed E-state index contributed by atoms with van der Waals surface area (Å²) in [5.41, 5.74) is 1.85. The molecular formula is C17H24N2O2. The van der Waals surface area contributed by atoms with Crippen molar-refractivity contribution in [2.45, 2.75) is 47.1 Å². The zero-order valence-electron chi connectivity index (χ0n) is 13.4. The Morgan fingerprint density at radius 3 is 2.57 bits per heavy atom. The Hall–Kier alpha value is -1.68. The van der Waals surface area contributed by atoms with E-state index in [0.717, 1.165) is 12.0 Å². The van der Waals surface area contributed by atoms with E-state index in [2.05, 4.69) is 36.1 Å². The molecule has 114 valence electrons. The van der Waals surface area contributed by atoms with E-state index in [0.29, 0.717) is 11.7 Å². The van der Waals surface area contributed by atoms with Gasteiger partial charge in [-0.25, -0.2) is 0 Å². The van der Waals surface area contributed by atoms with Gasteiger partial charge in [-0.15, -0.1) is 0 Å². The summed E-state index contributed by atoms with van der Waals surface area (Å²) >= 11 is 0. The molecule has 1 aromatic heterocycles. The highest BCUT2D eigenvalue weighted by molar-refractivity contribution is 5.55. The van der Waals surface area contributed by atoms with E-state index in [4.69, 9.17) is 4.52 Å². The van der Waals surface area contributed by atoms with E-state index >= 15 is 0 Å². The SMILES string of the molecule is CC(C)Cc1cccc(-c2noc(C(O)C(C)(C)C)n2)c1. The first-order chi connectivity index (χ1) is 9.77. The third kappa shape index (κ3) is 3.91. The number of aromatic nitrogens is 2. The lowest BCUT2D eigenvalue weighted by atomic mass is 9.89. The molecule has 0 aliphatic carbocycles. The Morgan fingerprint density at radius 1 is 1.24 bits per heavy atom. The number of nitrogens with zero attached hydrogens (tertiary/aromatic N) is 2. The van der Waals surface area contributed by atoms with Crippen LogP contribution in [0.2, 0.25) is 0 Å². The molecule has 1 heterocycles. The first-order valence-electron chi connectivity index (χ1n) is 7.38. The highest BCUT2D eigenvalue weighted by atomic mass is 16.5. The van der Waals surface area contributed by atoms with Crippen molar-refractivity contribution in [1.29, 1.82) is 0 Å². The van der Waals surface area contributed by atoms with Crippen molar-refractivity contribution in [2.75, 3.05) is 0 Å². The minimum atomic E-state index is -0.766. The quantitative estimate of drug-likeness (QED) is 0.923. The van der Waals surface area contributed by atoms with E-state index in [1.54, 1.807) is 0 Å². The summed E-state index contributed by atoms with van der Waals surface area (Å²) in [7, 11) is 0. The minimum absolute atomic E-state index is 0.270. The maximum atomic E-state index is 10.2. The van der Waals surface area contributed by atoms with Crippen molar-refractivity contribution in [1.82, 2.24) is 10.1 Å². The molecule has 1 atom stereocenters. The fourth-order valence-electron chi connectivity index (χ4n) is 2.14. The topological polar surface area (TPSA) is 59.2 Å². The second-order valence-electron chi connectivity index (χ2n) is 7.02. The summed E-state index contributed by atoms with van der Waals surface area (Å²) in [4.78, 5) is 4.34. The molecule has 0 fully saturated rings. The molecule has 1 aromatic carbocycles. The van der Waals surface area contributed by atoms with Gasteiger partial charge in [0.15, 0.2) is 0 Å². The molecule has 2 aromatic rings. The lowest BCUT2D eigenvalue weighted by Gasteiger charge is -2.21. The Balaban J connectivity index is 2.25. The second-order valence-corrected chi connectivity index (χ2v) is 7.02. The van der Waals surface area contributed by atoms with Crippen molar-refractivity contribution in [3.8, 4) is 11.4 Å². The molecule has 0 aliphatic heterocycles. The third-order valence-corrected chi connectivity index (χ3v) is 3.33. The standard InChI is InChI=1S/C17H24N2O2/c1-11(2)9-12-7-6-8-13(10-12)15-18-16(21-19-15)14(20)17(3,4)5/h6-8,10-11,14,20H,9H2,1-5H3. The van der Waals surface area contributed by atoms with Crippen LogP contribution in [0.1, 0.15) is 52.2 Å². The number of rotatable bonds is 4. The summed E-state index contributed by atoms with van der Waals surface area (Å²) in [6, 6.07) is 8.15. The van der Waals surface area contributed by atoms with Crippen LogP contribution in [0.15, 0.2) is 28.8 Å². The van der Waals surface area contributed by atoms with E-state index < -0.39 is 6.10 Å². The molecule has 0 spiro atoms. The number of benzene rings is 1. The Morgan fingerprint density at radius 2 is 1.95 bits per heavy atom. The van der Waals surface area contributed by atoms with Gasteiger partial charge in [0.2, 0.25) is 5.82 Å².